The zero-order valence-electron chi connectivity index (χ0n) is 16.5. The maximum Gasteiger partial charge on any atom is 0.489 e. The van der Waals surface area contributed by atoms with E-state index >= 15 is 0 Å². The van der Waals surface area contributed by atoms with Crippen LogP contribution in [0.4, 0.5) is 8.78 Å². The molecular formula is C23H29BF2O2. The minimum Gasteiger partial charge on any atom is -0.423 e. The number of hydrogen-bond acceptors (Lipinski definition) is 2. The van der Waals surface area contributed by atoms with Crippen LogP contribution in [0.3, 0.4) is 0 Å². The van der Waals surface area contributed by atoms with Crippen molar-refractivity contribution in [2.24, 2.45) is 0 Å². The monoisotopic (exact) mass is 386 g/mol. The van der Waals surface area contributed by atoms with Crippen molar-refractivity contribution in [2.75, 3.05) is 0 Å². The number of benzene rings is 2. The standard InChI is InChI=1S/C23H29BF2O2/c1-2-3-4-6-16-9-11-17(12-10-16)21-7-5-8-22(23(21)24(27)28)18-13-19(25)15-20(26)14-18/h5,7-12,18-20,27-28H,2-4,6,13-15H2,1H3. The van der Waals surface area contributed by atoms with Crippen molar-refractivity contribution in [1.82, 2.24) is 0 Å². The molecule has 1 saturated carbocycles. The predicted octanol–water partition coefficient (Wildman–Crippen LogP) is 4.71. The largest absolute Gasteiger partial charge is 0.489 e. The van der Waals surface area contributed by atoms with Gasteiger partial charge in [-0.3, -0.25) is 0 Å². The summed E-state index contributed by atoms with van der Waals surface area (Å²) >= 11 is 0. The first-order valence-electron chi connectivity index (χ1n) is 10.4. The highest BCUT2D eigenvalue weighted by Crippen LogP contribution is 2.36. The molecule has 0 saturated heterocycles. The molecule has 0 aromatic heterocycles. The van der Waals surface area contributed by atoms with Gasteiger partial charge in [0.15, 0.2) is 0 Å². The minimum absolute atomic E-state index is 0.0628. The zero-order chi connectivity index (χ0) is 20.1. The Balaban J connectivity index is 1.91. The SMILES string of the molecule is CCCCCc1ccc(-c2cccc(C3CC(F)CC(F)C3)c2B(O)O)cc1. The van der Waals surface area contributed by atoms with E-state index < -0.39 is 19.5 Å². The van der Waals surface area contributed by atoms with Gasteiger partial charge in [0, 0.05) is 6.42 Å². The van der Waals surface area contributed by atoms with Gasteiger partial charge in [-0.1, -0.05) is 62.2 Å². The van der Waals surface area contributed by atoms with Crippen LogP contribution < -0.4 is 5.46 Å². The molecule has 0 radical (unpaired) electrons. The number of unbranched alkanes of at least 4 members (excludes halogenated alkanes) is 2. The van der Waals surface area contributed by atoms with Crippen LogP contribution in [0, 0.1) is 0 Å². The van der Waals surface area contributed by atoms with Crippen LogP contribution in [-0.4, -0.2) is 29.5 Å². The van der Waals surface area contributed by atoms with Crippen LogP contribution in [0.2, 0.25) is 0 Å². The molecule has 2 unspecified atom stereocenters. The molecule has 2 aromatic carbocycles. The van der Waals surface area contributed by atoms with Gasteiger partial charge < -0.3 is 10.0 Å². The Morgan fingerprint density at radius 2 is 1.61 bits per heavy atom. The van der Waals surface area contributed by atoms with Crippen LogP contribution in [0.15, 0.2) is 42.5 Å². The molecule has 1 aliphatic carbocycles. The van der Waals surface area contributed by atoms with E-state index in [2.05, 4.69) is 19.1 Å². The number of rotatable bonds is 7. The Morgan fingerprint density at radius 3 is 2.21 bits per heavy atom. The summed E-state index contributed by atoms with van der Waals surface area (Å²) in [6.45, 7) is 2.18. The van der Waals surface area contributed by atoms with E-state index in [-0.39, 0.29) is 25.2 Å². The lowest BCUT2D eigenvalue weighted by atomic mass is 9.67. The lowest BCUT2D eigenvalue weighted by Gasteiger charge is -2.30. The van der Waals surface area contributed by atoms with Gasteiger partial charge in [0.2, 0.25) is 0 Å². The Labute approximate surface area is 166 Å². The quantitative estimate of drug-likeness (QED) is 0.535. The Kier molecular flexibility index (Phi) is 7.25. The third-order valence-corrected chi connectivity index (χ3v) is 5.76. The van der Waals surface area contributed by atoms with Crippen LogP contribution in [0.25, 0.3) is 11.1 Å². The fourth-order valence-electron chi connectivity index (χ4n) is 4.35. The Morgan fingerprint density at radius 1 is 0.929 bits per heavy atom. The first-order valence-corrected chi connectivity index (χ1v) is 10.4. The van der Waals surface area contributed by atoms with E-state index in [0.29, 0.717) is 16.6 Å². The second-order valence-electron chi connectivity index (χ2n) is 7.93. The van der Waals surface area contributed by atoms with Gasteiger partial charge in [0.25, 0.3) is 0 Å². The summed E-state index contributed by atoms with van der Waals surface area (Å²) in [5, 5.41) is 20.2. The van der Waals surface area contributed by atoms with Crippen molar-refractivity contribution in [1.29, 1.82) is 0 Å². The average molecular weight is 386 g/mol. The fourth-order valence-corrected chi connectivity index (χ4v) is 4.35. The third kappa shape index (κ3) is 5.01. The number of aryl methyl sites for hydroxylation is 1. The number of halogens is 2. The molecule has 5 heteroatoms. The van der Waals surface area contributed by atoms with Crippen molar-refractivity contribution in [3.63, 3.8) is 0 Å². The van der Waals surface area contributed by atoms with Gasteiger partial charge in [-0.2, -0.15) is 0 Å². The van der Waals surface area contributed by atoms with Crippen molar-refractivity contribution in [2.45, 2.75) is 70.1 Å². The van der Waals surface area contributed by atoms with E-state index in [1.165, 1.54) is 18.4 Å². The smallest absolute Gasteiger partial charge is 0.423 e. The summed E-state index contributed by atoms with van der Waals surface area (Å²) in [6.07, 6.45) is 2.57. The molecule has 0 aliphatic heterocycles. The van der Waals surface area contributed by atoms with Crippen LogP contribution in [-0.2, 0) is 6.42 Å². The number of alkyl halides is 2. The van der Waals surface area contributed by atoms with Gasteiger partial charge >= 0.3 is 7.12 Å². The summed E-state index contributed by atoms with van der Waals surface area (Å²) < 4.78 is 27.9. The molecule has 3 rings (SSSR count). The Hall–Kier alpha value is -1.72. The maximum absolute atomic E-state index is 13.9. The topological polar surface area (TPSA) is 40.5 Å². The van der Waals surface area contributed by atoms with Crippen LogP contribution in [0.1, 0.15) is 62.5 Å². The highest BCUT2D eigenvalue weighted by molar-refractivity contribution is 6.61. The summed E-state index contributed by atoms with van der Waals surface area (Å²) in [6, 6.07) is 13.6. The molecule has 0 heterocycles. The summed E-state index contributed by atoms with van der Waals surface area (Å²) in [5.74, 6) is -0.344. The fraction of sp³-hybridized carbons (Fsp3) is 0.478. The third-order valence-electron chi connectivity index (χ3n) is 5.76. The summed E-state index contributed by atoms with van der Waals surface area (Å²) in [5.41, 5.74) is 3.86. The molecule has 2 aromatic rings. The molecule has 0 bridgehead atoms. The van der Waals surface area contributed by atoms with E-state index in [9.17, 15) is 18.8 Å². The van der Waals surface area contributed by atoms with Gasteiger partial charge in [-0.25, -0.2) is 8.78 Å². The van der Waals surface area contributed by atoms with Gasteiger partial charge in [-0.15, -0.1) is 0 Å². The van der Waals surface area contributed by atoms with Crippen LogP contribution in [0.5, 0.6) is 0 Å². The van der Waals surface area contributed by atoms with Gasteiger partial charge in [-0.05, 0) is 59.3 Å². The molecule has 1 aliphatic rings. The van der Waals surface area contributed by atoms with E-state index in [1.807, 2.05) is 24.3 Å². The lowest BCUT2D eigenvalue weighted by Crippen LogP contribution is -2.37. The molecular weight excluding hydrogens is 357 g/mol. The number of hydrogen-bond donors (Lipinski definition) is 2. The molecule has 2 N–H and O–H groups in total. The summed E-state index contributed by atoms with van der Waals surface area (Å²) in [7, 11) is -1.69. The van der Waals surface area contributed by atoms with Crippen molar-refractivity contribution < 1.29 is 18.8 Å². The first-order chi connectivity index (χ1) is 13.5. The second kappa shape index (κ2) is 9.66. The average Bonchev–Trinajstić information content (AvgIpc) is 2.67. The predicted molar refractivity (Wildman–Crippen MR) is 111 cm³/mol. The summed E-state index contributed by atoms with van der Waals surface area (Å²) in [4.78, 5) is 0. The second-order valence-corrected chi connectivity index (χ2v) is 7.93. The molecule has 1 fully saturated rings. The van der Waals surface area contributed by atoms with E-state index in [0.717, 1.165) is 18.4 Å². The molecule has 0 amide bonds. The zero-order valence-corrected chi connectivity index (χ0v) is 16.5. The normalized spacial score (nSPS) is 22.2. The van der Waals surface area contributed by atoms with E-state index in [1.54, 1.807) is 6.07 Å². The first kappa shape index (κ1) is 21.0. The van der Waals surface area contributed by atoms with Crippen LogP contribution >= 0.6 is 0 Å². The van der Waals surface area contributed by atoms with Crippen molar-refractivity contribution in [3.8, 4) is 11.1 Å². The lowest BCUT2D eigenvalue weighted by molar-refractivity contribution is 0.142. The Bertz CT molecular complexity index is 754. The van der Waals surface area contributed by atoms with Crippen molar-refractivity contribution >= 4 is 12.6 Å². The van der Waals surface area contributed by atoms with E-state index in [4.69, 9.17) is 0 Å². The minimum atomic E-state index is -1.69. The van der Waals surface area contributed by atoms with Crippen molar-refractivity contribution in [3.05, 3.63) is 53.6 Å². The highest BCUT2D eigenvalue weighted by Gasteiger charge is 2.33. The highest BCUT2D eigenvalue weighted by atomic mass is 19.1. The maximum atomic E-state index is 13.9. The van der Waals surface area contributed by atoms with Gasteiger partial charge in [0.05, 0.1) is 0 Å². The molecule has 2 nitrogen and oxygen atoms in total. The van der Waals surface area contributed by atoms with Gasteiger partial charge in [0.1, 0.15) is 12.3 Å². The molecule has 0 spiro atoms. The molecule has 2 atom stereocenters. The molecule has 150 valence electrons. The molecule has 28 heavy (non-hydrogen) atoms.